The number of aryl methyl sites for hydroxylation is 1. The Hall–Kier alpha value is -2.98. The Bertz CT molecular complexity index is 1180. The van der Waals surface area contributed by atoms with Crippen LogP contribution in [-0.4, -0.2) is 37.5 Å². The van der Waals surface area contributed by atoms with Crippen LogP contribution in [0.25, 0.3) is 0 Å². The zero-order valence-corrected chi connectivity index (χ0v) is 22.6. The molecule has 2 aliphatic heterocycles. The van der Waals surface area contributed by atoms with Crippen LogP contribution < -0.4 is 9.64 Å². The predicted molar refractivity (Wildman–Crippen MR) is 151 cm³/mol. The van der Waals surface area contributed by atoms with E-state index in [1.165, 1.54) is 40.8 Å². The van der Waals surface area contributed by atoms with Crippen molar-refractivity contribution < 1.29 is 14.6 Å². The number of phenolic OH excluding ortho intramolecular Hbond substituents is 1. The van der Waals surface area contributed by atoms with E-state index in [9.17, 15) is 5.11 Å². The van der Waals surface area contributed by atoms with E-state index in [-0.39, 0.29) is 11.5 Å². The molecule has 0 bridgehead atoms. The molecule has 2 heterocycles. The first-order valence-corrected chi connectivity index (χ1v) is 14.1. The number of nitrogens with zero attached hydrogens (tertiary/aromatic N) is 1. The number of anilines is 1. The van der Waals surface area contributed by atoms with Crippen molar-refractivity contribution in [3.8, 4) is 11.5 Å². The van der Waals surface area contributed by atoms with E-state index in [4.69, 9.17) is 9.47 Å². The van der Waals surface area contributed by atoms with Crippen LogP contribution >= 0.6 is 0 Å². The smallest absolute Gasteiger partial charge is 0.124 e. The molecule has 1 N–H and O–H groups in total. The second-order valence-corrected chi connectivity index (χ2v) is 10.5. The molecule has 3 aromatic carbocycles. The summed E-state index contributed by atoms with van der Waals surface area (Å²) in [6.45, 7) is 6.98. The molecular weight excluding hydrogens is 458 g/mol. The summed E-state index contributed by atoms with van der Waals surface area (Å²) in [4.78, 5) is 2.49. The highest BCUT2D eigenvalue weighted by molar-refractivity contribution is 5.58. The maximum Gasteiger partial charge on any atom is 0.124 e. The third-order valence-corrected chi connectivity index (χ3v) is 8.59. The van der Waals surface area contributed by atoms with E-state index < -0.39 is 0 Å². The Kier molecular flexibility index (Phi) is 7.76. The lowest BCUT2D eigenvalue weighted by Gasteiger charge is -2.40. The molecule has 3 aliphatic rings. The third kappa shape index (κ3) is 5.09. The van der Waals surface area contributed by atoms with Gasteiger partial charge in [-0.05, 0) is 79.3 Å². The van der Waals surface area contributed by atoms with Crippen molar-refractivity contribution in [3.63, 3.8) is 0 Å². The molecule has 2 unspecified atom stereocenters. The summed E-state index contributed by atoms with van der Waals surface area (Å²) in [5, 5.41) is 10.1. The molecule has 2 saturated heterocycles. The highest BCUT2D eigenvalue weighted by Crippen LogP contribution is 2.50. The van der Waals surface area contributed by atoms with Gasteiger partial charge in [-0.15, -0.1) is 0 Å². The summed E-state index contributed by atoms with van der Waals surface area (Å²) >= 11 is 0. The first-order chi connectivity index (χ1) is 18.2. The normalized spacial score (nSPS) is 22.2. The standard InChI is InChI=1S/C31H35NO3.C2H6/c1-34-29-21-24(32-17-15-31(16-18-32)14-5-19-35-31)9-12-28(29)30-26(22-6-3-2-4-7-22)11-8-23-20-25(33)10-13-27(23)30;1-2/h2-4,6-7,9-10,12-13,20-21,26,30,33H,5,8,11,14-19H2,1H3;1-2H3. The number of piperidine rings is 1. The van der Waals surface area contributed by atoms with Gasteiger partial charge in [-0.3, -0.25) is 0 Å². The fraction of sp³-hybridized carbons (Fsp3) is 0.455. The summed E-state index contributed by atoms with van der Waals surface area (Å²) in [7, 11) is 1.79. The lowest BCUT2D eigenvalue weighted by molar-refractivity contribution is -0.0146. The molecule has 196 valence electrons. The van der Waals surface area contributed by atoms with E-state index in [0.717, 1.165) is 51.1 Å². The SMILES string of the molecule is CC.COc1cc(N2CCC3(CCCO3)CC2)ccc1C1c2ccc(O)cc2CCC1c1ccccc1. The van der Waals surface area contributed by atoms with E-state index in [2.05, 4.69) is 59.5 Å². The van der Waals surface area contributed by atoms with Crippen LogP contribution in [-0.2, 0) is 11.2 Å². The number of aromatic hydroxyl groups is 1. The highest BCUT2D eigenvalue weighted by Gasteiger charge is 2.39. The zero-order valence-electron chi connectivity index (χ0n) is 22.6. The Morgan fingerprint density at radius 2 is 1.68 bits per heavy atom. The Morgan fingerprint density at radius 1 is 0.919 bits per heavy atom. The number of hydrogen-bond donors (Lipinski definition) is 1. The number of methoxy groups -OCH3 is 1. The van der Waals surface area contributed by atoms with Crippen molar-refractivity contribution in [3.05, 3.63) is 89.0 Å². The number of fused-ring (bicyclic) bond motifs is 1. The number of rotatable bonds is 4. The quantitative estimate of drug-likeness (QED) is 0.405. The molecule has 0 saturated carbocycles. The number of phenols is 1. The molecule has 2 fully saturated rings. The van der Waals surface area contributed by atoms with Crippen molar-refractivity contribution in [1.29, 1.82) is 0 Å². The molecule has 1 aliphatic carbocycles. The molecule has 0 radical (unpaired) electrons. The summed E-state index contributed by atoms with van der Waals surface area (Å²) in [6.07, 6.45) is 6.63. The molecule has 37 heavy (non-hydrogen) atoms. The molecule has 4 heteroatoms. The lowest BCUT2D eigenvalue weighted by Crippen LogP contribution is -2.44. The molecule has 6 rings (SSSR count). The summed E-state index contributed by atoms with van der Waals surface area (Å²) in [5.74, 6) is 1.84. The maximum absolute atomic E-state index is 10.1. The van der Waals surface area contributed by atoms with Crippen LogP contribution in [0, 0.1) is 0 Å². The monoisotopic (exact) mass is 499 g/mol. The molecule has 3 aromatic rings. The average molecular weight is 500 g/mol. The minimum absolute atomic E-state index is 0.126. The van der Waals surface area contributed by atoms with Crippen LogP contribution in [0.2, 0.25) is 0 Å². The van der Waals surface area contributed by atoms with Gasteiger partial charge in [0.05, 0.1) is 12.7 Å². The van der Waals surface area contributed by atoms with Gasteiger partial charge in [0.1, 0.15) is 11.5 Å². The first-order valence-electron chi connectivity index (χ1n) is 14.1. The Labute approximate surface area is 222 Å². The van der Waals surface area contributed by atoms with Crippen LogP contribution in [0.1, 0.15) is 80.0 Å². The second kappa shape index (κ2) is 11.2. The van der Waals surface area contributed by atoms with Gasteiger partial charge in [0, 0.05) is 42.9 Å². The van der Waals surface area contributed by atoms with Gasteiger partial charge in [0.2, 0.25) is 0 Å². The topological polar surface area (TPSA) is 41.9 Å². The van der Waals surface area contributed by atoms with E-state index in [1.54, 1.807) is 7.11 Å². The fourth-order valence-corrected chi connectivity index (χ4v) is 6.73. The number of hydrogen-bond acceptors (Lipinski definition) is 4. The zero-order chi connectivity index (χ0) is 25.8. The van der Waals surface area contributed by atoms with Gasteiger partial charge in [-0.1, -0.05) is 56.3 Å². The molecule has 4 nitrogen and oxygen atoms in total. The highest BCUT2D eigenvalue weighted by atomic mass is 16.5. The van der Waals surface area contributed by atoms with Crippen LogP contribution in [0.5, 0.6) is 11.5 Å². The van der Waals surface area contributed by atoms with Gasteiger partial charge in [0.15, 0.2) is 0 Å². The maximum atomic E-state index is 10.1. The lowest BCUT2D eigenvalue weighted by atomic mass is 9.69. The summed E-state index contributed by atoms with van der Waals surface area (Å²) in [6, 6.07) is 23.5. The van der Waals surface area contributed by atoms with Crippen molar-refractivity contribution in [2.75, 3.05) is 31.7 Å². The Morgan fingerprint density at radius 3 is 2.38 bits per heavy atom. The van der Waals surface area contributed by atoms with Crippen molar-refractivity contribution in [2.45, 2.75) is 69.8 Å². The second-order valence-electron chi connectivity index (χ2n) is 10.5. The summed E-state index contributed by atoms with van der Waals surface area (Å²) in [5.41, 5.74) is 6.49. The van der Waals surface area contributed by atoms with Crippen molar-refractivity contribution in [1.82, 2.24) is 0 Å². The van der Waals surface area contributed by atoms with Gasteiger partial charge >= 0.3 is 0 Å². The molecule has 2 atom stereocenters. The molecule has 0 amide bonds. The van der Waals surface area contributed by atoms with E-state index in [0.29, 0.717) is 11.7 Å². The third-order valence-electron chi connectivity index (χ3n) is 8.59. The average Bonchev–Trinajstić information content (AvgIpc) is 3.41. The van der Waals surface area contributed by atoms with Crippen molar-refractivity contribution in [2.24, 2.45) is 0 Å². The Balaban J connectivity index is 0.00000137. The largest absolute Gasteiger partial charge is 0.508 e. The van der Waals surface area contributed by atoms with Gasteiger partial charge in [0.25, 0.3) is 0 Å². The predicted octanol–water partition coefficient (Wildman–Crippen LogP) is 7.44. The molecular formula is C33H41NO3. The van der Waals surface area contributed by atoms with E-state index >= 15 is 0 Å². The van der Waals surface area contributed by atoms with Crippen molar-refractivity contribution >= 4 is 5.69 Å². The van der Waals surface area contributed by atoms with Crippen LogP contribution in [0.15, 0.2) is 66.7 Å². The molecule has 0 aromatic heterocycles. The minimum atomic E-state index is 0.126. The minimum Gasteiger partial charge on any atom is -0.508 e. The number of ether oxygens (including phenoxy) is 2. The number of benzene rings is 3. The van der Waals surface area contributed by atoms with Crippen LogP contribution in [0.4, 0.5) is 5.69 Å². The first kappa shape index (κ1) is 25.7. The molecule has 1 spiro atoms. The van der Waals surface area contributed by atoms with Gasteiger partial charge in [-0.2, -0.15) is 0 Å². The van der Waals surface area contributed by atoms with E-state index in [1.807, 2.05) is 26.0 Å². The van der Waals surface area contributed by atoms with Gasteiger partial charge < -0.3 is 19.5 Å². The summed E-state index contributed by atoms with van der Waals surface area (Å²) < 4.78 is 12.2. The fourth-order valence-electron chi connectivity index (χ4n) is 6.73. The van der Waals surface area contributed by atoms with Gasteiger partial charge in [-0.25, -0.2) is 0 Å². The van der Waals surface area contributed by atoms with Crippen LogP contribution in [0.3, 0.4) is 0 Å².